The van der Waals surface area contributed by atoms with Crippen molar-refractivity contribution < 1.29 is 0 Å². The monoisotopic (exact) mass is 220 g/mol. The molecule has 0 spiro atoms. The second-order valence-electron chi connectivity index (χ2n) is 4.47. The molecule has 0 fully saturated rings. The molecule has 0 bridgehead atoms. The molecule has 1 heterocycles. The third-order valence-electron chi connectivity index (χ3n) is 3.58. The van der Waals surface area contributed by atoms with E-state index in [2.05, 4.69) is 6.07 Å². The fourth-order valence-electron chi connectivity index (χ4n) is 2.82. The normalized spacial score (nSPS) is 12.7. The molecule has 0 amide bonds. The molecule has 0 atom stereocenters. The van der Waals surface area contributed by atoms with Crippen molar-refractivity contribution in [3.63, 3.8) is 0 Å². The van der Waals surface area contributed by atoms with Crippen molar-refractivity contribution in [2.75, 3.05) is 0 Å². The lowest BCUT2D eigenvalue weighted by molar-refractivity contribution is 1.16. The van der Waals surface area contributed by atoms with E-state index in [1.807, 2.05) is 42.5 Å². The first-order chi connectivity index (χ1) is 8.36. The summed E-state index contributed by atoms with van der Waals surface area (Å²) < 4.78 is 1.08. The van der Waals surface area contributed by atoms with Crippen LogP contribution in [0.3, 0.4) is 0 Å². The number of para-hydroxylation sites is 1. The first kappa shape index (κ1) is 8.88. The van der Waals surface area contributed by atoms with Crippen LogP contribution in [0.25, 0.3) is 22.2 Å². The molecule has 0 unspecified atom stereocenters. The van der Waals surface area contributed by atoms with Crippen LogP contribution in [0.2, 0.25) is 0 Å². The molecule has 0 radical (unpaired) electrons. The minimum atomic E-state index is 0.784. The van der Waals surface area contributed by atoms with Gasteiger partial charge in [-0.1, -0.05) is 42.5 Å². The molecule has 0 saturated heterocycles. The maximum absolute atomic E-state index is 12.3. The molecule has 3 aromatic rings. The van der Waals surface area contributed by atoms with Crippen molar-refractivity contribution in [2.45, 2.75) is 6.42 Å². The standard InChI is InChI=1S/C15H10NO/c17-16-14-8-4-3-7-12(14)13-9-10-5-1-2-6-11(10)15(13)16/h1-8H,9H2/q-1. The van der Waals surface area contributed by atoms with Crippen LogP contribution < -0.4 is 0 Å². The maximum Gasteiger partial charge on any atom is 0.0482 e. The third-order valence-corrected chi connectivity index (χ3v) is 3.58. The van der Waals surface area contributed by atoms with Gasteiger partial charge in [-0.25, -0.2) is 0 Å². The summed E-state index contributed by atoms with van der Waals surface area (Å²) in [4.78, 5) is 0. The number of benzene rings is 2. The van der Waals surface area contributed by atoms with Crippen molar-refractivity contribution in [3.8, 4) is 11.3 Å². The number of hydrogen-bond acceptors (Lipinski definition) is 1. The largest absolute Gasteiger partial charge is 0.805 e. The Morgan fingerprint density at radius 1 is 0.941 bits per heavy atom. The van der Waals surface area contributed by atoms with Crippen LogP contribution in [0.4, 0.5) is 0 Å². The van der Waals surface area contributed by atoms with Gasteiger partial charge in [0.15, 0.2) is 0 Å². The zero-order valence-electron chi connectivity index (χ0n) is 9.18. The average Bonchev–Trinajstić information content (AvgIpc) is 2.88. The van der Waals surface area contributed by atoms with Crippen LogP contribution in [0.15, 0.2) is 48.5 Å². The summed E-state index contributed by atoms with van der Waals surface area (Å²) in [6.45, 7) is 0. The summed E-state index contributed by atoms with van der Waals surface area (Å²) in [5.41, 5.74) is 5.16. The number of fused-ring (bicyclic) bond motifs is 5. The Kier molecular flexibility index (Phi) is 1.52. The molecule has 0 N–H and O–H groups in total. The highest BCUT2D eigenvalue weighted by Gasteiger charge is 2.23. The number of aromatic nitrogens is 1. The topological polar surface area (TPSA) is 28.0 Å². The summed E-state index contributed by atoms with van der Waals surface area (Å²) in [5.74, 6) is 0. The minimum Gasteiger partial charge on any atom is -0.805 e. The van der Waals surface area contributed by atoms with Gasteiger partial charge >= 0.3 is 0 Å². The van der Waals surface area contributed by atoms with E-state index >= 15 is 0 Å². The number of rotatable bonds is 0. The second-order valence-corrected chi connectivity index (χ2v) is 4.47. The van der Waals surface area contributed by atoms with Crippen molar-refractivity contribution in [3.05, 3.63) is 64.9 Å². The number of nitrogens with zero attached hydrogens (tertiary/aromatic N) is 1. The number of hydrogen-bond donors (Lipinski definition) is 0. The van der Waals surface area contributed by atoms with E-state index in [-0.39, 0.29) is 0 Å². The summed E-state index contributed by atoms with van der Waals surface area (Å²) in [6.07, 6.45) is 0.876. The summed E-state index contributed by atoms with van der Waals surface area (Å²) in [7, 11) is 0. The zero-order chi connectivity index (χ0) is 11.4. The van der Waals surface area contributed by atoms with Crippen LogP contribution in [0, 0.1) is 5.21 Å². The predicted molar refractivity (Wildman–Crippen MR) is 68.9 cm³/mol. The van der Waals surface area contributed by atoms with E-state index in [0.29, 0.717) is 0 Å². The van der Waals surface area contributed by atoms with Gasteiger partial charge in [0.1, 0.15) is 0 Å². The van der Waals surface area contributed by atoms with Crippen molar-refractivity contribution in [2.24, 2.45) is 0 Å². The smallest absolute Gasteiger partial charge is 0.0482 e. The van der Waals surface area contributed by atoms with Crippen LogP contribution in [-0.4, -0.2) is 4.73 Å². The van der Waals surface area contributed by atoms with Gasteiger partial charge in [0, 0.05) is 28.6 Å². The Hall–Kier alpha value is -2.22. The van der Waals surface area contributed by atoms with E-state index in [1.54, 1.807) is 0 Å². The lowest BCUT2D eigenvalue weighted by atomic mass is 10.1. The van der Waals surface area contributed by atoms with E-state index < -0.39 is 0 Å². The van der Waals surface area contributed by atoms with Gasteiger partial charge in [0.05, 0.1) is 0 Å². The molecule has 2 heteroatoms. The second kappa shape index (κ2) is 2.92. The summed E-state index contributed by atoms with van der Waals surface area (Å²) in [5, 5.41) is 13.4. The van der Waals surface area contributed by atoms with Crippen molar-refractivity contribution >= 4 is 10.9 Å². The lowest BCUT2D eigenvalue weighted by Crippen LogP contribution is -1.88. The van der Waals surface area contributed by atoms with Crippen LogP contribution in [0.5, 0.6) is 0 Å². The molecule has 1 aliphatic carbocycles. The van der Waals surface area contributed by atoms with Crippen LogP contribution in [0.1, 0.15) is 11.1 Å². The van der Waals surface area contributed by atoms with Gasteiger partial charge in [-0.15, -0.1) is 0 Å². The highest BCUT2D eigenvalue weighted by atomic mass is 16.5. The van der Waals surface area contributed by atoms with Gasteiger partial charge in [0.2, 0.25) is 0 Å². The predicted octanol–water partition coefficient (Wildman–Crippen LogP) is 3.56. The van der Waals surface area contributed by atoms with E-state index in [1.165, 1.54) is 11.1 Å². The van der Waals surface area contributed by atoms with Gasteiger partial charge in [-0.3, -0.25) is 0 Å². The fourth-order valence-corrected chi connectivity index (χ4v) is 2.82. The SMILES string of the molecule is [O-]n1c2c(c3ccccc31)Cc1ccccc1-2. The molecule has 82 valence electrons. The first-order valence-electron chi connectivity index (χ1n) is 5.74. The average molecular weight is 220 g/mol. The molecule has 0 saturated carbocycles. The summed E-state index contributed by atoms with van der Waals surface area (Å²) in [6, 6.07) is 16.0. The fraction of sp³-hybridized carbons (Fsp3) is 0.0667. The maximum atomic E-state index is 12.3. The minimum absolute atomic E-state index is 0.784. The van der Waals surface area contributed by atoms with E-state index in [4.69, 9.17) is 0 Å². The molecule has 1 aromatic heterocycles. The molecular weight excluding hydrogens is 210 g/mol. The molecule has 2 nitrogen and oxygen atoms in total. The van der Waals surface area contributed by atoms with E-state index in [0.717, 1.165) is 33.3 Å². The van der Waals surface area contributed by atoms with Gasteiger partial charge in [0.25, 0.3) is 0 Å². The van der Waals surface area contributed by atoms with Crippen LogP contribution >= 0.6 is 0 Å². The molecule has 0 aliphatic heterocycles. The zero-order valence-corrected chi connectivity index (χ0v) is 9.18. The highest BCUT2D eigenvalue weighted by Crippen LogP contribution is 2.41. The molecule has 1 aliphatic rings. The molecule has 2 aromatic carbocycles. The van der Waals surface area contributed by atoms with Gasteiger partial charge in [-0.2, -0.15) is 0 Å². The lowest BCUT2D eigenvalue weighted by Gasteiger charge is -2.13. The molecule has 4 rings (SSSR count). The Balaban J connectivity index is 2.17. The Labute approximate surface area is 98.7 Å². The van der Waals surface area contributed by atoms with Crippen molar-refractivity contribution in [1.29, 1.82) is 0 Å². The molecule has 17 heavy (non-hydrogen) atoms. The molecular formula is C15H10NO-. The third kappa shape index (κ3) is 0.998. The Morgan fingerprint density at radius 2 is 1.71 bits per heavy atom. The Morgan fingerprint density at radius 3 is 2.65 bits per heavy atom. The Bertz CT molecular complexity index is 740. The summed E-state index contributed by atoms with van der Waals surface area (Å²) >= 11 is 0. The highest BCUT2D eigenvalue weighted by molar-refractivity contribution is 5.95. The van der Waals surface area contributed by atoms with Gasteiger partial charge < -0.3 is 9.94 Å². The van der Waals surface area contributed by atoms with Gasteiger partial charge in [-0.05, 0) is 17.2 Å². The quantitative estimate of drug-likeness (QED) is 0.445. The van der Waals surface area contributed by atoms with Crippen LogP contribution in [-0.2, 0) is 6.42 Å². The first-order valence-corrected chi connectivity index (χ1v) is 5.74. The van der Waals surface area contributed by atoms with E-state index in [9.17, 15) is 5.21 Å². The van der Waals surface area contributed by atoms with Crippen molar-refractivity contribution in [1.82, 2.24) is 4.73 Å².